The van der Waals surface area contributed by atoms with Crippen LogP contribution in [0, 0.1) is 5.92 Å². The molecule has 0 radical (unpaired) electrons. The lowest BCUT2D eigenvalue weighted by molar-refractivity contribution is 0.0951. The van der Waals surface area contributed by atoms with Gasteiger partial charge in [-0.3, -0.25) is 9.20 Å². The molecule has 2 aliphatic rings. The topological polar surface area (TPSA) is 71.3 Å². The number of aromatic nitrogens is 3. The molecule has 166 valence electrons. The van der Waals surface area contributed by atoms with Gasteiger partial charge in [0.1, 0.15) is 0 Å². The molecule has 2 fully saturated rings. The van der Waals surface area contributed by atoms with E-state index in [-0.39, 0.29) is 5.91 Å². The fourth-order valence-electron chi connectivity index (χ4n) is 4.30. The van der Waals surface area contributed by atoms with E-state index in [1.54, 1.807) is 0 Å². The predicted octanol–water partition coefficient (Wildman–Crippen LogP) is 5.17. The summed E-state index contributed by atoms with van der Waals surface area (Å²) in [6.45, 7) is 0.925. The fraction of sp³-hybridized carbons (Fsp3) is 0.296. The van der Waals surface area contributed by atoms with Crippen LogP contribution in [0.25, 0.3) is 28.2 Å². The van der Waals surface area contributed by atoms with E-state index in [1.807, 2.05) is 48.7 Å². The molecule has 0 atom stereocenters. The Morgan fingerprint density at radius 2 is 1.76 bits per heavy atom. The molecule has 33 heavy (non-hydrogen) atoms. The van der Waals surface area contributed by atoms with Crippen molar-refractivity contribution in [2.45, 2.75) is 38.1 Å². The molecule has 0 unspecified atom stereocenters. The van der Waals surface area contributed by atoms with Crippen LogP contribution < -0.4 is 10.6 Å². The Hall–Kier alpha value is -3.67. The van der Waals surface area contributed by atoms with Gasteiger partial charge in [-0.25, -0.2) is 9.97 Å². The van der Waals surface area contributed by atoms with Gasteiger partial charge in [0.25, 0.3) is 5.91 Å². The zero-order chi connectivity index (χ0) is 22.2. The summed E-state index contributed by atoms with van der Waals surface area (Å²) in [6.07, 6.45) is 9.99. The van der Waals surface area contributed by atoms with Crippen LogP contribution in [-0.2, 0) is 0 Å². The van der Waals surface area contributed by atoms with Gasteiger partial charge in [-0.05, 0) is 43.7 Å². The molecular weight excluding hydrogens is 410 g/mol. The number of nitrogens with one attached hydrogen (secondary N) is 2. The first kappa shape index (κ1) is 20.0. The highest BCUT2D eigenvalue weighted by atomic mass is 16.1. The summed E-state index contributed by atoms with van der Waals surface area (Å²) in [4.78, 5) is 22.0. The SMILES string of the molecule is O=C(NC1CC1)c1ccc(-c2cnc3c(NCC4CCC4)nc(-c4ccccc4)cn23)cc1. The third-order valence-electron chi connectivity index (χ3n) is 6.70. The Labute approximate surface area is 193 Å². The number of carbonyl (C=O) groups is 1. The highest BCUT2D eigenvalue weighted by molar-refractivity contribution is 5.95. The molecule has 2 aliphatic carbocycles. The van der Waals surface area contributed by atoms with Crippen molar-refractivity contribution < 1.29 is 4.79 Å². The van der Waals surface area contributed by atoms with Crippen molar-refractivity contribution in [3.63, 3.8) is 0 Å². The lowest BCUT2D eigenvalue weighted by atomic mass is 9.85. The number of carbonyl (C=O) groups excluding carboxylic acids is 1. The molecule has 2 heterocycles. The van der Waals surface area contributed by atoms with Crippen molar-refractivity contribution in [3.8, 4) is 22.5 Å². The molecule has 1 amide bonds. The second-order valence-electron chi connectivity index (χ2n) is 9.18. The van der Waals surface area contributed by atoms with Crippen molar-refractivity contribution in [3.05, 3.63) is 72.6 Å². The van der Waals surface area contributed by atoms with Gasteiger partial charge in [-0.1, -0.05) is 48.9 Å². The van der Waals surface area contributed by atoms with Gasteiger partial charge >= 0.3 is 0 Å². The lowest BCUT2D eigenvalue weighted by Gasteiger charge is -2.25. The Balaban J connectivity index is 1.37. The van der Waals surface area contributed by atoms with Gasteiger partial charge in [0.15, 0.2) is 11.5 Å². The summed E-state index contributed by atoms with van der Waals surface area (Å²) in [7, 11) is 0. The largest absolute Gasteiger partial charge is 0.367 e. The summed E-state index contributed by atoms with van der Waals surface area (Å²) in [5.41, 5.74) is 5.47. The molecule has 0 aliphatic heterocycles. The second-order valence-corrected chi connectivity index (χ2v) is 9.18. The minimum absolute atomic E-state index is 0.000219. The van der Waals surface area contributed by atoms with Crippen molar-refractivity contribution in [1.29, 1.82) is 0 Å². The van der Waals surface area contributed by atoms with Gasteiger partial charge in [-0.15, -0.1) is 0 Å². The first-order chi connectivity index (χ1) is 16.2. The molecule has 0 saturated heterocycles. The maximum Gasteiger partial charge on any atom is 0.251 e. The average Bonchev–Trinajstić information content (AvgIpc) is 3.53. The monoisotopic (exact) mass is 437 g/mol. The first-order valence-electron chi connectivity index (χ1n) is 11.8. The first-order valence-corrected chi connectivity index (χ1v) is 11.8. The average molecular weight is 438 g/mol. The zero-order valence-electron chi connectivity index (χ0n) is 18.5. The van der Waals surface area contributed by atoms with Crippen molar-refractivity contribution in [1.82, 2.24) is 19.7 Å². The summed E-state index contributed by atoms with van der Waals surface area (Å²) >= 11 is 0. The number of hydrogen-bond acceptors (Lipinski definition) is 4. The Morgan fingerprint density at radius 1 is 0.970 bits per heavy atom. The minimum atomic E-state index is 0.000219. The van der Waals surface area contributed by atoms with Crippen molar-refractivity contribution in [2.75, 3.05) is 11.9 Å². The van der Waals surface area contributed by atoms with E-state index in [1.165, 1.54) is 19.3 Å². The zero-order valence-corrected chi connectivity index (χ0v) is 18.5. The maximum atomic E-state index is 12.4. The number of nitrogens with zero attached hydrogens (tertiary/aromatic N) is 3. The quantitative estimate of drug-likeness (QED) is 0.419. The number of anilines is 1. The molecule has 0 spiro atoms. The van der Waals surface area contributed by atoms with Crippen LogP contribution in [0.5, 0.6) is 0 Å². The van der Waals surface area contributed by atoms with Crippen LogP contribution in [0.1, 0.15) is 42.5 Å². The normalized spacial score (nSPS) is 15.9. The van der Waals surface area contributed by atoms with Gasteiger partial charge in [0.05, 0.1) is 17.6 Å². The Kier molecular flexibility index (Phi) is 5.06. The third-order valence-corrected chi connectivity index (χ3v) is 6.70. The minimum Gasteiger partial charge on any atom is -0.367 e. The fourth-order valence-corrected chi connectivity index (χ4v) is 4.30. The highest BCUT2D eigenvalue weighted by Gasteiger charge is 2.24. The number of amides is 1. The molecule has 0 bridgehead atoms. The van der Waals surface area contributed by atoms with E-state index in [9.17, 15) is 4.79 Å². The molecule has 6 heteroatoms. The predicted molar refractivity (Wildman–Crippen MR) is 130 cm³/mol. The van der Waals surface area contributed by atoms with Crippen LogP contribution in [0.4, 0.5) is 5.82 Å². The molecule has 2 aromatic heterocycles. The van der Waals surface area contributed by atoms with E-state index >= 15 is 0 Å². The van der Waals surface area contributed by atoms with E-state index in [2.05, 4.69) is 33.4 Å². The number of rotatable bonds is 7. The van der Waals surface area contributed by atoms with Crippen molar-refractivity contribution in [2.24, 2.45) is 5.92 Å². The summed E-state index contributed by atoms with van der Waals surface area (Å²) in [6, 6.07) is 18.4. The Bertz CT molecular complexity index is 1290. The number of hydrogen-bond donors (Lipinski definition) is 2. The third kappa shape index (κ3) is 4.09. The smallest absolute Gasteiger partial charge is 0.251 e. The number of fused-ring (bicyclic) bond motifs is 1. The standard InChI is InChI=1S/C27H27N5O/c33-27(30-22-13-14-22)21-11-9-20(10-12-21)24-16-29-26-25(28-15-18-5-4-6-18)31-23(17-32(24)26)19-7-2-1-3-8-19/h1-3,7-12,16-18,22H,4-6,13-15H2,(H,28,31)(H,30,33). The molecule has 2 saturated carbocycles. The second kappa shape index (κ2) is 8.35. The molecule has 2 aromatic carbocycles. The van der Waals surface area contributed by atoms with Crippen molar-refractivity contribution >= 4 is 17.4 Å². The van der Waals surface area contributed by atoms with Gasteiger partial charge < -0.3 is 10.6 Å². The summed E-state index contributed by atoms with van der Waals surface area (Å²) in [5, 5.41) is 6.61. The summed E-state index contributed by atoms with van der Waals surface area (Å²) < 4.78 is 2.11. The maximum absolute atomic E-state index is 12.4. The van der Waals surface area contributed by atoms with E-state index in [0.29, 0.717) is 11.6 Å². The van der Waals surface area contributed by atoms with Crippen LogP contribution in [0.3, 0.4) is 0 Å². The van der Waals surface area contributed by atoms with E-state index in [4.69, 9.17) is 9.97 Å². The van der Waals surface area contributed by atoms with Crippen LogP contribution in [0.2, 0.25) is 0 Å². The summed E-state index contributed by atoms with van der Waals surface area (Å²) in [5.74, 6) is 1.53. The Morgan fingerprint density at radius 3 is 2.45 bits per heavy atom. The van der Waals surface area contributed by atoms with E-state index in [0.717, 1.165) is 59.3 Å². The van der Waals surface area contributed by atoms with Gasteiger partial charge in [0, 0.05) is 35.5 Å². The lowest BCUT2D eigenvalue weighted by Crippen LogP contribution is -2.25. The molecule has 4 aromatic rings. The molecule has 6 nitrogen and oxygen atoms in total. The number of benzene rings is 2. The van der Waals surface area contributed by atoms with Crippen LogP contribution in [-0.4, -0.2) is 32.9 Å². The van der Waals surface area contributed by atoms with Crippen LogP contribution >= 0.6 is 0 Å². The molecule has 6 rings (SSSR count). The molecular formula is C27H27N5O. The van der Waals surface area contributed by atoms with E-state index < -0.39 is 0 Å². The highest BCUT2D eigenvalue weighted by Crippen LogP contribution is 2.30. The molecule has 2 N–H and O–H groups in total. The van der Waals surface area contributed by atoms with Crippen LogP contribution in [0.15, 0.2) is 67.0 Å². The van der Waals surface area contributed by atoms with Gasteiger partial charge in [0.2, 0.25) is 0 Å². The number of imidazole rings is 1. The van der Waals surface area contributed by atoms with Gasteiger partial charge in [-0.2, -0.15) is 0 Å².